The normalized spacial score (nSPS) is 16.2. The van der Waals surface area contributed by atoms with Crippen molar-refractivity contribution in [3.05, 3.63) is 101 Å². The number of allylic oxidation sites excluding steroid dienone is 1. The second-order valence-corrected chi connectivity index (χ2v) is 8.10. The second kappa shape index (κ2) is 5.69. The second-order valence-electron chi connectivity index (χ2n) is 8.10. The Morgan fingerprint density at radius 2 is 1.54 bits per heavy atom. The molecule has 0 aliphatic heterocycles. The fourth-order valence-electron chi connectivity index (χ4n) is 5.35. The van der Waals surface area contributed by atoms with Crippen LogP contribution in [0.4, 0.5) is 0 Å². The molecule has 0 N–H and O–H groups in total. The summed E-state index contributed by atoms with van der Waals surface area (Å²) in [5.41, 5.74) is 7.16. The van der Waals surface area contributed by atoms with Crippen LogP contribution in [-0.2, 0) is 0 Å². The number of hydrogen-bond acceptors (Lipinski definition) is 0. The van der Waals surface area contributed by atoms with Crippen molar-refractivity contribution in [1.29, 1.82) is 0 Å². The minimum atomic E-state index is 0.367. The number of fused-ring (bicyclic) bond motifs is 1. The van der Waals surface area contributed by atoms with E-state index in [9.17, 15) is 0 Å². The van der Waals surface area contributed by atoms with Gasteiger partial charge in [-0.25, -0.2) is 0 Å². The number of rotatable bonds is 2. The maximum Gasteiger partial charge on any atom is 0.0314 e. The minimum Gasteiger partial charge on any atom is -0.0619 e. The highest BCUT2D eigenvalue weighted by Gasteiger charge is 2.27. The van der Waals surface area contributed by atoms with Gasteiger partial charge in [0, 0.05) is 5.92 Å². The van der Waals surface area contributed by atoms with Crippen molar-refractivity contribution >= 4 is 38.4 Å². The zero-order chi connectivity index (χ0) is 18.8. The van der Waals surface area contributed by atoms with Gasteiger partial charge in [-0.2, -0.15) is 0 Å². The van der Waals surface area contributed by atoms with Gasteiger partial charge in [0.1, 0.15) is 0 Å². The average molecular weight is 358 g/mol. The van der Waals surface area contributed by atoms with Gasteiger partial charge in [0.25, 0.3) is 0 Å². The first-order valence-corrected chi connectivity index (χ1v) is 10.2. The first-order valence-electron chi connectivity index (χ1n) is 10.2. The Bertz CT molecular complexity index is 1400. The predicted molar refractivity (Wildman–Crippen MR) is 121 cm³/mol. The molecule has 1 aliphatic carbocycles. The van der Waals surface area contributed by atoms with Crippen LogP contribution >= 0.6 is 0 Å². The molecule has 28 heavy (non-hydrogen) atoms. The van der Waals surface area contributed by atoms with Crippen LogP contribution in [0, 0.1) is 6.92 Å². The van der Waals surface area contributed by atoms with E-state index in [1.54, 1.807) is 0 Å². The van der Waals surface area contributed by atoms with Crippen molar-refractivity contribution in [2.24, 2.45) is 0 Å². The SMILES string of the molecule is CCC1=Cc2ccccc2C1c1ccc2c(C)cc3cccc4ccc1c2c43. The summed E-state index contributed by atoms with van der Waals surface area (Å²) in [4.78, 5) is 0. The minimum absolute atomic E-state index is 0.367. The highest BCUT2D eigenvalue weighted by molar-refractivity contribution is 6.24. The monoisotopic (exact) mass is 358 g/mol. The maximum atomic E-state index is 2.41. The van der Waals surface area contributed by atoms with E-state index in [1.807, 2.05) is 0 Å². The molecule has 0 saturated heterocycles. The van der Waals surface area contributed by atoms with Crippen molar-refractivity contribution in [2.75, 3.05) is 0 Å². The lowest BCUT2D eigenvalue weighted by atomic mass is 9.82. The molecular weight excluding hydrogens is 336 g/mol. The summed E-state index contributed by atoms with van der Waals surface area (Å²) in [5, 5.41) is 8.33. The topological polar surface area (TPSA) is 0 Å². The quantitative estimate of drug-likeness (QED) is 0.282. The predicted octanol–water partition coefficient (Wildman–Crippen LogP) is 7.83. The van der Waals surface area contributed by atoms with Crippen molar-refractivity contribution < 1.29 is 0 Å². The summed E-state index contributed by atoms with van der Waals surface area (Å²) >= 11 is 0. The average Bonchev–Trinajstić information content (AvgIpc) is 3.11. The molecule has 0 aromatic heterocycles. The molecule has 1 unspecified atom stereocenters. The molecule has 5 aromatic carbocycles. The van der Waals surface area contributed by atoms with Crippen LogP contribution in [-0.4, -0.2) is 0 Å². The zero-order valence-electron chi connectivity index (χ0n) is 16.3. The Morgan fingerprint density at radius 3 is 2.43 bits per heavy atom. The van der Waals surface area contributed by atoms with Gasteiger partial charge >= 0.3 is 0 Å². The van der Waals surface area contributed by atoms with Gasteiger partial charge < -0.3 is 0 Å². The molecule has 0 saturated carbocycles. The molecule has 0 radical (unpaired) electrons. The standard InChI is InChI=1S/C28H22/c1-3-18-16-20-7-4-5-10-23(20)27(18)24-14-13-22-17(2)15-21-9-6-8-19-11-12-25(24)28(22)26(19)21/h4-16,27H,3H2,1-2H3. The van der Waals surface area contributed by atoms with Crippen LogP contribution in [0.3, 0.4) is 0 Å². The molecule has 0 heteroatoms. The molecular formula is C28H22. The van der Waals surface area contributed by atoms with E-state index in [4.69, 9.17) is 0 Å². The highest BCUT2D eigenvalue weighted by Crippen LogP contribution is 2.47. The molecule has 1 atom stereocenters. The van der Waals surface area contributed by atoms with Crippen LogP contribution in [0.15, 0.2) is 78.4 Å². The fourth-order valence-corrected chi connectivity index (χ4v) is 5.35. The number of hydrogen-bond donors (Lipinski definition) is 0. The first-order chi connectivity index (χ1) is 13.8. The number of benzene rings is 5. The Hall–Kier alpha value is -3.12. The summed E-state index contributed by atoms with van der Waals surface area (Å²) in [6.45, 7) is 4.52. The van der Waals surface area contributed by atoms with Crippen LogP contribution in [0.2, 0.25) is 0 Å². The molecule has 0 bridgehead atoms. The number of aryl methyl sites for hydroxylation is 1. The maximum absolute atomic E-state index is 2.41. The van der Waals surface area contributed by atoms with E-state index in [-0.39, 0.29) is 0 Å². The summed E-state index contributed by atoms with van der Waals surface area (Å²) in [7, 11) is 0. The largest absolute Gasteiger partial charge is 0.0619 e. The molecule has 0 heterocycles. The van der Waals surface area contributed by atoms with Crippen LogP contribution < -0.4 is 0 Å². The van der Waals surface area contributed by atoms with Gasteiger partial charge in [0.2, 0.25) is 0 Å². The lowest BCUT2D eigenvalue weighted by molar-refractivity contribution is 0.916. The van der Waals surface area contributed by atoms with Gasteiger partial charge in [-0.05, 0) is 67.9 Å². The molecule has 0 fully saturated rings. The summed E-state index contributed by atoms with van der Waals surface area (Å²) in [6, 6.07) is 27.3. The molecule has 0 nitrogen and oxygen atoms in total. The van der Waals surface area contributed by atoms with Gasteiger partial charge in [0.05, 0.1) is 0 Å². The first kappa shape index (κ1) is 15.9. The van der Waals surface area contributed by atoms with Gasteiger partial charge in [-0.15, -0.1) is 0 Å². The van der Waals surface area contributed by atoms with E-state index in [0.717, 1.165) is 6.42 Å². The van der Waals surface area contributed by atoms with Crippen LogP contribution in [0.5, 0.6) is 0 Å². The zero-order valence-corrected chi connectivity index (χ0v) is 16.3. The summed E-state index contributed by atoms with van der Waals surface area (Å²) in [5.74, 6) is 0.367. The molecule has 5 aromatic rings. The van der Waals surface area contributed by atoms with Crippen molar-refractivity contribution in [3.63, 3.8) is 0 Å². The van der Waals surface area contributed by atoms with E-state index in [0.29, 0.717) is 5.92 Å². The van der Waals surface area contributed by atoms with Gasteiger partial charge in [0.15, 0.2) is 0 Å². The lowest BCUT2D eigenvalue weighted by Gasteiger charge is -2.22. The van der Waals surface area contributed by atoms with E-state index < -0.39 is 0 Å². The Labute approximate surface area is 165 Å². The van der Waals surface area contributed by atoms with E-state index in [2.05, 4.69) is 92.7 Å². The fraction of sp³-hybridized carbons (Fsp3) is 0.143. The Kier molecular flexibility index (Phi) is 3.23. The van der Waals surface area contributed by atoms with Crippen molar-refractivity contribution in [1.82, 2.24) is 0 Å². The highest BCUT2D eigenvalue weighted by atomic mass is 14.3. The van der Waals surface area contributed by atoms with E-state index >= 15 is 0 Å². The summed E-state index contributed by atoms with van der Waals surface area (Å²) in [6.07, 6.45) is 3.49. The summed E-state index contributed by atoms with van der Waals surface area (Å²) < 4.78 is 0. The Morgan fingerprint density at radius 1 is 0.714 bits per heavy atom. The molecule has 6 rings (SSSR count). The third-order valence-corrected chi connectivity index (χ3v) is 6.62. The van der Waals surface area contributed by atoms with Crippen LogP contribution in [0.25, 0.3) is 38.4 Å². The molecule has 134 valence electrons. The Balaban J connectivity index is 1.75. The van der Waals surface area contributed by atoms with Gasteiger partial charge in [-0.1, -0.05) is 91.4 Å². The molecule has 1 aliphatic rings. The van der Waals surface area contributed by atoms with Crippen molar-refractivity contribution in [3.8, 4) is 0 Å². The third-order valence-electron chi connectivity index (χ3n) is 6.62. The van der Waals surface area contributed by atoms with Crippen LogP contribution in [0.1, 0.15) is 41.5 Å². The smallest absolute Gasteiger partial charge is 0.0314 e. The van der Waals surface area contributed by atoms with E-state index in [1.165, 1.54) is 60.1 Å². The third kappa shape index (κ3) is 2.01. The van der Waals surface area contributed by atoms with Crippen molar-refractivity contribution in [2.45, 2.75) is 26.2 Å². The molecule has 0 amide bonds. The van der Waals surface area contributed by atoms with Gasteiger partial charge in [-0.3, -0.25) is 0 Å². The molecule has 0 spiro atoms. The lowest BCUT2D eigenvalue weighted by Crippen LogP contribution is -2.03.